The van der Waals surface area contributed by atoms with E-state index in [0.717, 1.165) is 65.8 Å². The number of ether oxygens (including phenoxy) is 2. The Morgan fingerprint density at radius 3 is 2.44 bits per heavy atom. The molecule has 5 aliphatic rings. The van der Waals surface area contributed by atoms with Crippen LogP contribution in [0.15, 0.2) is 36.4 Å². The summed E-state index contributed by atoms with van der Waals surface area (Å²) >= 11 is 0. The second kappa shape index (κ2) is 11.6. The largest absolute Gasteiger partial charge is 0.497 e. The van der Waals surface area contributed by atoms with Gasteiger partial charge in [0.1, 0.15) is 5.75 Å². The number of nitrogens with zero attached hydrogens (tertiary/aromatic N) is 3. The first-order valence-corrected chi connectivity index (χ1v) is 19.1. The van der Waals surface area contributed by atoms with E-state index in [9.17, 15) is 13.2 Å². The van der Waals surface area contributed by atoms with Gasteiger partial charge in [-0.15, -0.1) is 0 Å². The third kappa shape index (κ3) is 4.98. The van der Waals surface area contributed by atoms with E-state index in [1.165, 1.54) is 24.8 Å². The molecule has 2 saturated carbocycles. The van der Waals surface area contributed by atoms with Crippen LogP contribution in [0.1, 0.15) is 85.7 Å². The molecular weight excluding hydrogens is 628 g/mol. The van der Waals surface area contributed by atoms with Crippen LogP contribution in [-0.2, 0) is 26.1 Å². The molecule has 4 fully saturated rings. The van der Waals surface area contributed by atoms with Crippen molar-refractivity contribution < 1.29 is 27.5 Å². The number of carbonyl (C=O) groups excluding carboxylic acids is 2. The summed E-state index contributed by atoms with van der Waals surface area (Å²) in [6.07, 6.45) is 6.47. The molecular formula is C37H46N4O6S. The van der Waals surface area contributed by atoms with Crippen LogP contribution in [0.5, 0.6) is 5.75 Å². The Bertz CT molecular complexity index is 1900. The molecule has 1 aromatic heterocycles. The summed E-state index contributed by atoms with van der Waals surface area (Å²) in [6, 6.07) is 11.9. The van der Waals surface area contributed by atoms with Crippen molar-refractivity contribution in [3.05, 3.63) is 53.1 Å². The quantitative estimate of drug-likeness (QED) is 0.398. The average Bonchev–Trinajstić information content (AvgIpc) is 3.73. The lowest BCUT2D eigenvalue weighted by atomic mass is 9.81. The molecule has 48 heavy (non-hydrogen) atoms. The van der Waals surface area contributed by atoms with Crippen LogP contribution in [0.4, 0.5) is 0 Å². The molecule has 256 valence electrons. The van der Waals surface area contributed by atoms with Gasteiger partial charge in [0.05, 0.1) is 48.8 Å². The SMILES string of the molecule is COc1ccc2c(c1)C1CC1(C(=O)N1[C@@H]3COC[C@H]1CN(C)C3)Cn1c-2c(C2CCCCC2)c2ccc(C(=O)NS(=O)(=O)C(C)C)cc21. The minimum Gasteiger partial charge on any atom is -0.497 e. The molecule has 4 heterocycles. The summed E-state index contributed by atoms with van der Waals surface area (Å²) in [7, 11) is -0.00776. The lowest BCUT2D eigenvalue weighted by Gasteiger charge is -2.50. The van der Waals surface area contributed by atoms with Crippen molar-refractivity contribution in [2.75, 3.05) is 40.5 Å². The molecule has 8 rings (SSSR count). The number of sulfonamides is 1. The van der Waals surface area contributed by atoms with E-state index < -0.39 is 26.6 Å². The minimum absolute atomic E-state index is 0.00976. The highest BCUT2D eigenvalue weighted by atomic mass is 32.2. The number of morpholine rings is 1. The molecule has 2 amide bonds. The molecule has 0 spiro atoms. The average molecular weight is 675 g/mol. The van der Waals surface area contributed by atoms with E-state index in [4.69, 9.17) is 9.47 Å². The Hall–Kier alpha value is -3.41. The zero-order valence-corrected chi connectivity index (χ0v) is 29.1. The molecule has 2 saturated heterocycles. The number of rotatable bonds is 6. The van der Waals surface area contributed by atoms with Crippen molar-refractivity contribution in [1.82, 2.24) is 19.1 Å². The summed E-state index contributed by atoms with van der Waals surface area (Å²) in [5, 5.41) is 0.340. The summed E-state index contributed by atoms with van der Waals surface area (Å²) in [5.74, 6) is 0.718. The highest BCUT2D eigenvalue weighted by Crippen LogP contribution is 2.66. The van der Waals surface area contributed by atoms with Crippen molar-refractivity contribution >= 4 is 32.7 Å². The second-order valence-electron chi connectivity index (χ2n) is 15.1. The fourth-order valence-electron chi connectivity index (χ4n) is 9.19. The summed E-state index contributed by atoms with van der Waals surface area (Å²) in [6.45, 7) is 6.26. The second-order valence-corrected chi connectivity index (χ2v) is 17.3. The molecule has 1 N–H and O–H groups in total. The van der Waals surface area contributed by atoms with Gasteiger partial charge in [-0.1, -0.05) is 25.3 Å². The number of carbonyl (C=O) groups is 2. The lowest BCUT2D eigenvalue weighted by molar-refractivity contribution is -0.160. The number of aromatic nitrogens is 1. The van der Waals surface area contributed by atoms with E-state index >= 15 is 4.79 Å². The Labute approximate surface area is 282 Å². The van der Waals surface area contributed by atoms with Crippen molar-refractivity contribution in [2.45, 2.75) is 88.1 Å². The topological polar surface area (TPSA) is 110 Å². The zero-order valence-electron chi connectivity index (χ0n) is 28.3. The number of piperazine rings is 1. The molecule has 11 heteroatoms. The fourth-order valence-corrected chi connectivity index (χ4v) is 9.80. The van der Waals surface area contributed by atoms with Gasteiger partial charge in [-0.05, 0) is 87.5 Å². The maximum absolute atomic E-state index is 15.1. The number of nitrogens with one attached hydrogen (secondary N) is 1. The first-order chi connectivity index (χ1) is 23.0. The van der Waals surface area contributed by atoms with Crippen molar-refractivity contribution in [3.8, 4) is 17.0 Å². The molecule has 3 aromatic rings. The highest BCUT2D eigenvalue weighted by molar-refractivity contribution is 7.90. The number of amides is 2. The predicted molar refractivity (Wildman–Crippen MR) is 184 cm³/mol. The van der Waals surface area contributed by atoms with E-state index in [2.05, 4.69) is 38.3 Å². The van der Waals surface area contributed by atoms with Crippen LogP contribution in [0.2, 0.25) is 0 Å². The number of likely N-dealkylation sites (N-methyl/N-ethyl adjacent to an activating group) is 1. The van der Waals surface area contributed by atoms with Crippen molar-refractivity contribution in [1.29, 1.82) is 0 Å². The van der Waals surface area contributed by atoms with Crippen LogP contribution >= 0.6 is 0 Å². The maximum Gasteiger partial charge on any atom is 0.264 e. The zero-order chi connectivity index (χ0) is 33.5. The molecule has 10 nitrogen and oxygen atoms in total. The van der Waals surface area contributed by atoms with Gasteiger partial charge < -0.3 is 23.8 Å². The normalized spacial score (nSPS) is 27.2. The Morgan fingerprint density at radius 2 is 1.75 bits per heavy atom. The van der Waals surface area contributed by atoms with Gasteiger partial charge in [-0.3, -0.25) is 9.59 Å². The number of benzene rings is 2. The van der Waals surface area contributed by atoms with Crippen molar-refractivity contribution in [3.63, 3.8) is 0 Å². The Morgan fingerprint density at radius 1 is 1.02 bits per heavy atom. The van der Waals surface area contributed by atoms with Crippen LogP contribution in [0.25, 0.3) is 22.2 Å². The minimum atomic E-state index is -3.81. The third-order valence-electron chi connectivity index (χ3n) is 11.8. The number of fused-ring (bicyclic) bond motifs is 9. The van der Waals surface area contributed by atoms with Gasteiger partial charge in [0.15, 0.2) is 0 Å². The monoisotopic (exact) mass is 674 g/mol. The first kappa shape index (κ1) is 31.8. The van der Waals surface area contributed by atoms with Gasteiger partial charge in [0.2, 0.25) is 15.9 Å². The van der Waals surface area contributed by atoms with Crippen molar-refractivity contribution in [2.24, 2.45) is 5.41 Å². The molecule has 3 aliphatic heterocycles. The van der Waals surface area contributed by atoms with Crippen LogP contribution in [0, 0.1) is 5.41 Å². The molecule has 4 atom stereocenters. The van der Waals surface area contributed by atoms with Crippen LogP contribution < -0.4 is 9.46 Å². The van der Waals surface area contributed by atoms with Gasteiger partial charge >= 0.3 is 0 Å². The van der Waals surface area contributed by atoms with Crippen LogP contribution in [0.3, 0.4) is 0 Å². The fraction of sp³-hybridized carbons (Fsp3) is 0.568. The van der Waals surface area contributed by atoms with E-state index in [0.29, 0.717) is 31.2 Å². The van der Waals surface area contributed by atoms with Gasteiger partial charge in [0.25, 0.3) is 5.91 Å². The van der Waals surface area contributed by atoms with E-state index in [1.54, 1.807) is 27.0 Å². The molecule has 2 bridgehead atoms. The number of methoxy groups -OCH3 is 1. The standard InChI is InChI=1S/C37H46N4O6S/c1-22(2)48(44,45)38-35(42)24-10-12-29-32(14-24)40-21-37(36(43)41-25-17-39(3)18-26(41)20-47-19-25)16-31(37)30-15-27(46-4)11-13-28(30)34(40)33(29)23-8-6-5-7-9-23/h10-15,22-23,25-26,31H,5-9,16-21H2,1-4H3,(H,38,42)/t25-,26+,31?,37?. The van der Waals surface area contributed by atoms with Gasteiger partial charge in [-0.25, -0.2) is 13.1 Å². The summed E-state index contributed by atoms with van der Waals surface area (Å²) < 4.78 is 41.6. The third-order valence-corrected chi connectivity index (χ3v) is 13.5. The number of hydrogen-bond acceptors (Lipinski definition) is 7. The van der Waals surface area contributed by atoms with Gasteiger partial charge in [-0.2, -0.15) is 0 Å². The van der Waals surface area contributed by atoms with E-state index in [-0.39, 0.29) is 23.9 Å². The molecule has 2 aromatic carbocycles. The Kier molecular flexibility index (Phi) is 7.69. The lowest BCUT2D eigenvalue weighted by Crippen LogP contribution is -2.66. The predicted octanol–water partition coefficient (Wildman–Crippen LogP) is 4.86. The Balaban J connectivity index is 1.32. The highest BCUT2D eigenvalue weighted by Gasteiger charge is 2.65. The van der Waals surface area contributed by atoms with Crippen LogP contribution in [-0.4, -0.2) is 92.4 Å². The maximum atomic E-state index is 15.1. The summed E-state index contributed by atoms with van der Waals surface area (Å²) in [5.41, 5.74) is 5.21. The molecule has 2 unspecified atom stereocenters. The summed E-state index contributed by atoms with van der Waals surface area (Å²) in [4.78, 5) is 33.0. The first-order valence-electron chi connectivity index (χ1n) is 17.5. The number of hydrogen-bond donors (Lipinski definition) is 1. The smallest absolute Gasteiger partial charge is 0.264 e. The molecule has 2 aliphatic carbocycles. The van der Waals surface area contributed by atoms with E-state index in [1.807, 2.05) is 18.2 Å². The van der Waals surface area contributed by atoms with Gasteiger partial charge in [0, 0.05) is 47.6 Å². The molecule has 0 radical (unpaired) electrons.